The van der Waals surface area contributed by atoms with Crippen molar-refractivity contribution >= 4 is 0 Å². The number of aryl methyl sites for hydroxylation is 1. The molecular formula is C14H9F2NO. The van der Waals surface area contributed by atoms with Crippen molar-refractivity contribution in [2.45, 2.75) is 6.92 Å². The molecule has 2 aromatic carbocycles. The summed E-state index contributed by atoms with van der Waals surface area (Å²) < 4.78 is 31.5. The van der Waals surface area contributed by atoms with E-state index in [0.29, 0.717) is 11.3 Å². The number of rotatable bonds is 2. The van der Waals surface area contributed by atoms with Crippen LogP contribution in [0.15, 0.2) is 36.4 Å². The van der Waals surface area contributed by atoms with Crippen LogP contribution in [0.3, 0.4) is 0 Å². The number of halogens is 2. The molecule has 0 heterocycles. The van der Waals surface area contributed by atoms with E-state index in [1.165, 1.54) is 30.3 Å². The first-order chi connectivity index (χ1) is 8.58. The quantitative estimate of drug-likeness (QED) is 0.802. The smallest absolute Gasteiger partial charge is 0.131 e. The number of benzene rings is 2. The summed E-state index contributed by atoms with van der Waals surface area (Å²) in [5, 5.41) is 8.72. The van der Waals surface area contributed by atoms with Gasteiger partial charge in [0.2, 0.25) is 0 Å². The van der Waals surface area contributed by atoms with Crippen molar-refractivity contribution in [2.24, 2.45) is 0 Å². The summed E-state index contributed by atoms with van der Waals surface area (Å²) >= 11 is 0. The Hall–Kier alpha value is -2.41. The minimum atomic E-state index is -0.552. The molecule has 0 aliphatic rings. The van der Waals surface area contributed by atoms with Gasteiger partial charge in [-0.25, -0.2) is 8.78 Å². The van der Waals surface area contributed by atoms with Crippen molar-refractivity contribution < 1.29 is 13.5 Å². The molecule has 4 heteroatoms. The number of nitrogens with zero attached hydrogens (tertiary/aromatic N) is 1. The minimum absolute atomic E-state index is 0.171. The fraction of sp³-hybridized carbons (Fsp3) is 0.0714. The van der Waals surface area contributed by atoms with Crippen LogP contribution in [-0.2, 0) is 0 Å². The van der Waals surface area contributed by atoms with Crippen molar-refractivity contribution in [3.8, 4) is 17.6 Å². The van der Waals surface area contributed by atoms with Gasteiger partial charge < -0.3 is 4.74 Å². The summed E-state index contributed by atoms with van der Waals surface area (Å²) in [5.41, 5.74) is 0.766. The highest BCUT2D eigenvalue weighted by Gasteiger charge is 2.05. The molecule has 18 heavy (non-hydrogen) atoms. The zero-order valence-electron chi connectivity index (χ0n) is 9.58. The highest BCUT2D eigenvalue weighted by atomic mass is 19.1. The van der Waals surface area contributed by atoms with E-state index in [2.05, 4.69) is 0 Å². The molecule has 0 atom stereocenters. The monoisotopic (exact) mass is 245 g/mol. The van der Waals surface area contributed by atoms with E-state index >= 15 is 0 Å². The molecule has 2 nitrogen and oxygen atoms in total. The molecule has 0 bridgehead atoms. The standard InChI is InChI=1S/C14H9F2NO/c1-9-4-11(15)2-3-14(9)18-13-6-10(8-17)5-12(16)7-13/h2-7H,1H3. The van der Waals surface area contributed by atoms with Gasteiger partial charge in [0, 0.05) is 6.07 Å². The van der Waals surface area contributed by atoms with Gasteiger partial charge in [0.1, 0.15) is 23.1 Å². The fourth-order valence-electron chi connectivity index (χ4n) is 1.54. The van der Waals surface area contributed by atoms with E-state index in [-0.39, 0.29) is 17.1 Å². The van der Waals surface area contributed by atoms with Gasteiger partial charge in [-0.1, -0.05) is 0 Å². The van der Waals surface area contributed by atoms with Crippen LogP contribution in [0, 0.1) is 29.9 Å². The van der Waals surface area contributed by atoms with Crippen molar-refractivity contribution in [3.05, 3.63) is 59.2 Å². The Balaban J connectivity index is 2.34. The van der Waals surface area contributed by atoms with Crippen molar-refractivity contribution in [1.29, 1.82) is 5.26 Å². The third-order valence-corrected chi connectivity index (χ3v) is 2.37. The fourth-order valence-corrected chi connectivity index (χ4v) is 1.54. The second-order valence-electron chi connectivity index (χ2n) is 3.80. The Morgan fingerprint density at radius 2 is 1.83 bits per heavy atom. The summed E-state index contributed by atoms with van der Waals surface area (Å²) in [5.74, 6) is -0.284. The molecule has 2 aromatic rings. The molecule has 2 rings (SSSR count). The van der Waals surface area contributed by atoms with Crippen LogP contribution in [0.4, 0.5) is 8.78 Å². The predicted molar refractivity (Wildman–Crippen MR) is 62.3 cm³/mol. The number of ether oxygens (including phenoxy) is 1. The second kappa shape index (κ2) is 4.84. The first-order valence-electron chi connectivity index (χ1n) is 5.23. The lowest BCUT2D eigenvalue weighted by Crippen LogP contribution is -1.90. The third-order valence-electron chi connectivity index (χ3n) is 2.37. The highest BCUT2D eigenvalue weighted by molar-refractivity contribution is 5.41. The number of nitriles is 1. The number of hydrogen-bond acceptors (Lipinski definition) is 2. The van der Waals surface area contributed by atoms with E-state index in [0.717, 1.165) is 6.07 Å². The minimum Gasteiger partial charge on any atom is -0.457 e. The Bertz CT molecular complexity index is 632. The first-order valence-corrected chi connectivity index (χ1v) is 5.23. The molecule has 0 N–H and O–H groups in total. The molecule has 0 saturated heterocycles. The summed E-state index contributed by atoms with van der Waals surface area (Å²) in [6, 6.07) is 9.58. The zero-order valence-corrected chi connectivity index (χ0v) is 9.58. The van der Waals surface area contributed by atoms with Gasteiger partial charge in [-0.15, -0.1) is 0 Å². The van der Waals surface area contributed by atoms with Crippen LogP contribution in [0.25, 0.3) is 0 Å². The normalized spacial score (nSPS) is 9.89. The van der Waals surface area contributed by atoms with Gasteiger partial charge in [0.05, 0.1) is 11.6 Å². The predicted octanol–water partition coefficient (Wildman–Crippen LogP) is 3.94. The second-order valence-corrected chi connectivity index (χ2v) is 3.80. The molecule has 0 radical (unpaired) electrons. The molecule has 0 spiro atoms. The molecule has 0 saturated carbocycles. The van der Waals surface area contributed by atoms with Gasteiger partial charge in [-0.3, -0.25) is 0 Å². The van der Waals surface area contributed by atoms with E-state index in [9.17, 15) is 8.78 Å². The van der Waals surface area contributed by atoms with Crippen LogP contribution in [0.5, 0.6) is 11.5 Å². The molecule has 0 unspecified atom stereocenters. The lowest BCUT2D eigenvalue weighted by molar-refractivity contribution is 0.471. The maximum absolute atomic E-state index is 13.2. The van der Waals surface area contributed by atoms with Gasteiger partial charge in [0.15, 0.2) is 0 Å². The molecular weight excluding hydrogens is 236 g/mol. The van der Waals surface area contributed by atoms with Gasteiger partial charge >= 0.3 is 0 Å². The van der Waals surface area contributed by atoms with E-state index in [1.807, 2.05) is 6.07 Å². The first kappa shape index (κ1) is 12.1. The van der Waals surface area contributed by atoms with Crippen LogP contribution in [0.1, 0.15) is 11.1 Å². The lowest BCUT2D eigenvalue weighted by Gasteiger charge is -2.09. The summed E-state index contributed by atoms with van der Waals surface area (Å²) in [7, 11) is 0. The average Bonchev–Trinajstić information content (AvgIpc) is 2.32. The molecule has 0 fully saturated rings. The molecule has 0 aromatic heterocycles. The lowest BCUT2D eigenvalue weighted by atomic mass is 10.2. The van der Waals surface area contributed by atoms with Gasteiger partial charge in [-0.2, -0.15) is 5.26 Å². The van der Waals surface area contributed by atoms with Gasteiger partial charge in [-0.05, 0) is 42.8 Å². The van der Waals surface area contributed by atoms with Crippen LogP contribution >= 0.6 is 0 Å². The largest absolute Gasteiger partial charge is 0.457 e. The SMILES string of the molecule is Cc1cc(F)ccc1Oc1cc(F)cc(C#N)c1. The summed E-state index contributed by atoms with van der Waals surface area (Å²) in [6.45, 7) is 1.68. The van der Waals surface area contributed by atoms with Crippen molar-refractivity contribution in [2.75, 3.05) is 0 Å². The number of hydrogen-bond donors (Lipinski definition) is 0. The Labute approximate surface area is 103 Å². The Morgan fingerprint density at radius 3 is 2.50 bits per heavy atom. The van der Waals surface area contributed by atoms with E-state index in [1.54, 1.807) is 6.92 Å². The summed E-state index contributed by atoms with van der Waals surface area (Å²) in [6.07, 6.45) is 0. The van der Waals surface area contributed by atoms with Crippen LogP contribution in [-0.4, -0.2) is 0 Å². The zero-order chi connectivity index (χ0) is 13.1. The average molecular weight is 245 g/mol. The summed E-state index contributed by atoms with van der Waals surface area (Å²) in [4.78, 5) is 0. The molecule has 0 aliphatic carbocycles. The van der Waals surface area contributed by atoms with Crippen molar-refractivity contribution in [1.82, 2.24) is 0 Å². The van der Waals surface area contributed by atoms with E-state index in [4.69, 9.17) is 10.00 Å². The maximum atomic E-state index is 13.2. The Kier molecular flexibility index (Phi) is 3.24. The third kappa shape index (κ3) is 2.64. The van der Waals surface area contributed by atoms with Gasteiger partial charge in [0.25, 0.3) is 0 Å². The van der Waals surface area contributed by atoms with E-state index < -0.39 is 5.82 Å². The van der Waals surface area contributed by atoms with Crippen molar-refractivity contribution in [3.63, 3.8) is 0 Å². The molecule has 90 valence electrons. The van der Waals surface area contributed by atoms with Crippen LogP contribution < -0.4 is 4.74 Å². The topological polar surface area (TPSA) is 33.0 Å². The highest BCUT2D eigenvalue weighted by Crippen LogP contribution is 2.26. The maximum Gasteiger partial charge on any atom is 0.131 e. The molecule has 0 amide bonds. The molecule has 0 aliphatic heterocycles. The van der Waals surface area contributed by atoms with Crippen LogP contribution in [0.2, 0.25) is 0 Å². The Morgan fingerprint density at radius 1 is 1.06 bits per heavy atom.